The van der Waals surface area contributed by atoms with Gasteiger partial charge >= 0.3 is 0 Å². The van der Waals surface area contributed by atoms with Crippen LogP contribution in [0.5, 0.6) is 5.75 Å². The van der Waals surface area contributed by atoms with Crippen LogP contribution in [0.3, 0.4) is 0 Å². The summed E-state index contributed by atoms with van der Waals surface area (Å²) in [5.74, 6) is 0.996. The molecule has 1 amide bonds. The summed E-state index contributed by atoms with van der Waals surface area (Å²) in [6.07, 6.45) is 1.94. The van der Waals surface area contributed by atoms with Crippen molar-refractivity contribution < 1.29 is 9.53 Å². The molecule has 0 saturated heterocycles. The van der Waals surface area contributed by atoms with E-state index in [0.29, 0.717) is 23.8 Å². The number of benzene rings is 2. The molecule has 4 nitrogen and oxygen atoms in total. The zero-order valence-electron chi connectivity index (χ0n) is 12.8. The van der Waals surface area contributed by atoms with Gasteiger partial charge in [-0.1, -0.05) is 30.3 Å². The zero-order chi connectivity index (χ0) is 16.1. The van der Waals surface area contributed by atoms with E-state index < -0.39 is 0 Å². The number of nitrogens with one attached hydrogen (secondary N) is 2. The summed E-state index contributed by atoms with van der Waals surface area (Å²) in [5.41, 5.74) is 1.79. The molecule has 0 radical (unpaired) electrons. The molecule has 0 aliphatic carbocycles. The summed E-state index contributed by atoms with van der Waals surface area (Å²) in [5, 5.41) is 4.05. The maximum absolute atomic E-state index is 12.2. The predicted molar refractivity (Wildman–Crippen MR) is 95.3 cm³/mol. The number of H-pyrrole nitrogens is 1. The second-order valence-corrected chi connectivity index (χ2v) is 5.98. The van der Waals surface area contributed by atoms with Gasteiger partial charge in [-0.05, 0) is 25.1 Å². The van der Waals surface area contributed by atoms with E-state index in [-0.39, 0.29) is 5.91 Å². The van der Waals surface area contributed by atoms with Crippen molar-refractivity contribution in [2.45, 2.75) is 11.8 Å². The maximum Gasteiger partial charge on any atom is 0.234 e. The van der Waals surface area contributed by atoms with Crippen LogP contribution < -0.4 is 10.1 Å². The first-order valence-electron chi connectivity index (χ1n) is 7.48. The van der Waals surface area contributed by atoms with Gasteiger partial charge in [0.15, 0.2) is 0 Å². The second-order valence-electron chi connectivity index (χ2n) is 4.96. The molecule has 1 heterocycles. The molecule has 23 heavy (non-hydrogen) atoms. The largest absolute Gasteiger partial charge is 0.492 e. The van der Waals surface area contributed by atoms with Crippen LogP contribution in [0.2, 0.25) is 0 Å². The van der Waals surface area contributed by atoms with Crippen LogP contribution in [-0.2, 0) is 4.79 Å². The minimum absolute atomic E-state index is 0.0487. The monoisotopic (exact) mass is 326 g/mol. The minimum atomic E-state index is -0.0487. The maximum atomic E-state index is 12.2. The Bertz CT molecular complexity index is 813. The highest BCUT2D eigenvalue weighted by Gasteiger charge is 2.10. The third-order valence-electron chi connectivity index (χ3n) is 3.37. The van der Waals surface area contributed by atoms with E-state index in [1.807, 2.05) is 55.6 Å². The van der Waals surface area contributed by atoms with Gasteiger partial charge in [-0.3, -0.25) is 4.79 Å². The van der Waals surface area contributed by atoms with Crippen LogP contribution in [0.4, 0.5) is 5.69 Å². The first kappa shape index (κ1) is 15.5. The van der Waals surface area contributed by atoms with Crippen molar-refractivity contribution >= 4 is 34.3 Å². The first-order valence-corrected chi connectivity index (χ1v) is 8.47. The van der Waals surface area contributed by atoms with Gasteiger partial charge in [-0.2, -0.15) is 0 Å². The zero-order valence-corrected chi connectivity index (χ0v) is 13.7. The van der Waals surface area contributed by atoms with Gasteiger partial charge in [-0.15, -0.1) is 11.8 Å². The summed E-state index contributed by atoms with van der Waals surface area (Å²) in [6, 6.07) is 15.5. The predicted octanol–water partition coefficient (Wildman–Crippen LogP) is 4.30. The lowest BCUT2D eigenvalue weighted by molar-refractivity contribution is -0.113. The Hall–Kier alpha value is -2.40. The highest BCUT2D eigenvalue weighted by atomic mass is 32.2. The number of hydrogen-bond donors (Lipinski definition) is 2. The third kappa shape index (κ3) is 3.68. The number of amides is 1. The molecular formula is C18H18N2O2S. The van der Waals surface area contributed by atoms with Gasteiger partial charge in [0.25, 0.3) is 0 Å². The molecule has 2 aromatic carbocycles. The summed E-state index contributed by atoms with van der Waals surface area (Å²) < 4.78 is 5.52. The highest BCUT2D eigenvalue weighted by molar-refractivity contribution is 8.00. The average molecular weight is 326 g/mol. The number of thioether (sulfide) groups is 1. The molecular weight excluding hydrogens is 308 g/mol. The number of para-hydroxylation sites is 3. The fourth-order valence-corrected chi connectivity index (χ4v) is 3.18. The smallest absolute Gasteiger partial charge is 0.234 e. The molecule has 0 spiro atoms. The standard InChI is InChI=1S/C18H18N2O2S/c1-2-22-16-10-6-5-9-15(16)20-18(21)12-23-17-11-19-14-8-4-3-7-13(14)17/h3-11,19H,2,12H2,1H3,(H,20,21). The van der Waals surface area contributed by atoms with E-state index in [2.05, 4.69) is 16.4 Å². The summed E-state index contributed by atoms with van der Waals surface area (Å²) in [6.45, 7) is 2.49. The normalized spacial score (nSPS) is 10.7. The molecule has 0 atom stereocenters. The van der Waals surface area contributed by atoms with Crippen LogP contribution >= 0.6 is 11.8 Å². The van der Waals surface area contributed by atoms with Crippen molar-refractivity contribution in [1.29, 1.82) is 0 Å². The molecule has 0 bridgehead atoms. The number of ether oxygens (including phenoxy) is 1. The number of fused-ring (bicyclic) bond motifs is 1. The molecule has 1 aromatic heterocycles. The van der Waals surface area contributed by atoms with Crippen molar-refractivity contribution in [3.8, 4) is 5.75 Å². The first-order chi connectivity index (χ1) is 11.3. The van der Waals surface area contributed by atoms with E-state index in [9.17, 15) is 4.79 Å². The number of aromatic nitrogens is 1. The van der Waals surface area contributed by atoms with Crippen LogP contribution in [0.25, 0.3) is 10.9 Å². The van der Waals surface area contributed by atoms with E-state index in [0.717, 1.165) is 15.8 Å². The molecule has 118 valence electrons. The number of anilines is 1. The highest BCUT2D eigenvalue weighted by Crippen LogP contribution is 2.28. The Morgan fingerprint density at radius 1 is 1.17 bits per heavy atom. The fourth-order valence-electron chi connectivity index (χ4n) is 2.35. The van der Waals surface area contributed by atoms with Gasteiger partial charge in [-0.25, -0.2) is 0 Å². The Morgan fingerprint density at radius 2 is 1.96 bits per heavy atom. The minimum Gasteiger partial charge on any atom is -0.492 e. The van der Waals surface area contributed by atoms with E-state index >= 15 is 0 Å². The van der Waals surface area contributed by atoms with Gasteiger partial charge < -0.3 is 15.0 Å². The third-order valence-corrected chi connectivity index (χ3v) is 4.43. The van der Waals surface area contributed by atoms with Crippen molar-refractivity contribution in [2.24, 2.45) is 0 Å². The fraction of sp³-hybridized carbons (Fsp3) is 0.167. The SMILES string of the molecule is CCOc1ccccc1NC(=O)CSc1c[nH]c2ccccc12. The molecule has 0 fully saturated rings. The number of rotatable bonds is 6. The molecule has 5 heteroatoms. The Balaban J connectivity index is 1.64. The van der Waals surface area contributed by atoms with Gasteiger partial charge in [0.2, 0.25) is 5.91 Å². The second kappa shape index (κ2) is 7.24. The number of carbonyl (C=O) groups excluding carboxylic acids is 1. The lowest BCUT2D eigenvalue weighted by atomic mass is 10.2. The number of aromatic amines is 1. The molecule has 0 unspecified atom stereocenters. The topological polar surface area (TPSA) is 54.1 Å². The van der Waals surface area contributed by atoms with E-state index in [1.165, 1.54) is 11.8 Å². The Labute approximate surface area is 139 Å². The van der Waals surface area contributed by atoms with Crippen molar-refractivity contribution in [2.75, 3.05) is 17.7 Å². The van der Waals surface area contributed by atoms with Crippen molar-refractivity contribution in [3.05, 3.63) is 54.7 Å². The molecule has 0 aliphatic rings. The molecule has 0 saturated carbocycles. The average Bonchev–Trinajstić information content (AvgIpc) is 2.98. The lowest BCUT2D eigenvalue weighted by Gasteiger charge is -2.10. The van der Waals surface area contributed by atoms with Gasteiger partial charge in [0.1, 0.15) is 5.75 Å². The van der Waals surface area contributed by atoms with E-state index in [1.54, 1.807) is 0 Å². The van der Waals surface area contributed by atoms with Gasteiger partial charge in [0.05, 0.1) is 18.0 Å². The van der Waals surface area contributed by atoms with Gasteiger partial charge in [0, 0.05) is 22.0 Å². The molecule has 2 N–H and O–H groups in total. The molecule has 3 aromatic rings. The van der Waals surface area contributed by atoms with Crippen molar-refractivity contribution in [1.82, 2.24) is 4.98 Å². The van der Waals surface area contributed by atoms with E-state index in [4.69, 9.17) is 4.74 Å². The lowest BCUT2D eigenvalue weighted by Crippen LogP contribution is -2.14. The Kier molecular flexibility index (Phi) is 4.88. The summed E-state index contributed by atoms with van der Waals surface area (Å²) >= 11 is 1.52. The van der Waals surface area contributed by atoms with Crippen LogP contribution in [-0.4, -0.2) is 23.3 Å². The number of hydrogen-bond acceptors (Lipinski definition) is 3. The Morgan fingerprint density at radius 3 is 2.83 bits per heavy atom. The summed E-state index contributed by atoms with van der Waals surface area (Å²) in [4.78, 5) is 16.5. The summed E-state index contributed by atoms with van der Waals surface area (Å²) in [7, 11) is 0. The van der Waals surface area contributed by atoms with Crippen molar-refractivity contribution in [3.63, 3.8) is 0 Å². The number of carbonyl (C=O) groups is 1. The van der Waals surface area contributed by atoms with Crippen LogP contribution in [0, 0.1) is 0 Å². The quantitative estimate of drug-likeness (QED) is 0.664. The molecule has 0 aliphatic heterocycles. The van der Waals surface area contributed by atoms with Crippen LogP contribution in [0.1, 0.15) is 6.92 Å². The van der Waals surface area contributed by atoms with Crippen LogP contribution in [0.15, 0.2) is 59.6 Å². The molecule has 3 rings (SSSR count).